The minimum Gasteiger partial charge on any atom is -0.392 e. The summed E-state index contributed by atoms with van der Waals surface area (Å²) in [6.45, 7) is 18.6. The van der Waals surface area contributed by atoms with Crippen LogP contribution >= 0.6 is 0 Å². The molecule has 1 unspecified atom stereocenters. The highest BCUT2D eigenvalue weighted by atomic mass is 16.3. The van der Waals surface area contributed by atoms with E-state index in [1.54, 1.807) is 0 Å². The van der Waals surface area contributed by atoms with Gasteiger partial charge in [-0.25, -0.2) is 0 Å². The molecule has 0 aromatic carbocycles. The summed E-state index contributed by atoms with van der Waals surface area (Å²) in [6, 6.07) is 0. The predicted molar refractivity (Wildman–Crippen MR) is 72.9 cm³/mol. The molecule has 0 bridgehead atoms. The number of nitrogens with zero attached hydrogens (tertiary/aromatic N) is 2. The minimum atomic E-state index is -0.182. The first-order chi connectivity index (χ1) is 7.72. The molecule has 100 valence electrons. The Kier molecular flexibility index (Phi) is 14.8. The van der Waals surface area contributed by atoms with Gasteiger partial charge in [0.2, 0.25) is 0 Å². The maximum Gasteiger partial charge on any atom is 0.0639 e. The molecule has 0 aromatic heterocycles. The Balaban J connectivity index is 0. The van der Waals surface area contributed by atoms with Gasteiger partial charge in [-0.2, -0.15) is 0 Å². The molecule has 0 radical (unpaired) electrons. The molecule has 1 fully saturated rings. The second-order valence-electron chi connectivity index (χ2n) is 3.58. The first kappa shape index (κ1) is 18.3. The van der Waals surface area contributed by atoms with Crippen LogP contribution < -0.4 is 0 Å². The molecular weight excluding hydrogens is 200 g/mol. The second kappa shape index (κ2) is 12.9. The van der Waals surface area contributed by atoms with E-state index in [1.165, 1.54) is 0 Å². The lowest BCUT2D eigenvalue weighted by atomic mass is 10.3. The molecule has 0 aromatic rings. The van der Waals surface area contributed by atoms with E-state index in [0.717, 1.165) is 39.3 Å². The molecule has 1 saturated heterocycles. The van der Waals surface area contributed by atoms with Crippen molar-refractivity contribution in [3.8, 4) is 0 Å². The molecule has 1 aliphatic heterocycles. The topological polar surface area (TPSA) is 26.7 Å². The van der Waals surface area contributed by atoms with Crippen molar-refractivity contribution in [3.05, 3.63) is 0 Å². The number of piperazine rings is 1. The number of rotatable bonds is 3. The number of aliphatic hydroxyl groups excluding tert-OH is 1. The number of hydrogen-bond donors (Lipinski definition) is 1. The van der Waals surface area contributed by atoms with Gasteiger partial charge >= 0.3 is 0 Å². The quantitative estimate of drug-likeness (QED) is 0.807. The lowest BCUT2D eigenvalue weighted by molar-refractivity contribution is 0.0829. The Morgan fingerprint density at radius 1 is 0.938 bits per heavy atom. The van der Waals surface area contributed by atoms with Crippen LogP contribution in [-0.2, 0) is 0 Å². The van der Waals surface area contributed by atoms with Gasteiger partial charge in [-0.05, 0) is 13.5 Å². The van der Waals surface area contributed by atoms with Gasteiger partial charge in [0.05, 0.1) is 6.10 Å². The van der Waals surface area contributed by atoms with Crippen molar-refractivity contribution < 1.29 is 5.11 Å². The van der Waals surface area contributed by atoms with Gasteiger partial charge in [-0.1, -0.05) is 34.6 Å². The molecule has 0 saturated carbocycles. The summed E-state index contributed by atoms with van der Waals surface area (Å²) in [5.41, 5.74) is 0. The largest absolute Gasteiger partial charge is 0.392 e. The summed E-state index contributed by atoms with van der Waals surface area (Å²) in [4.78, 5) is 4.77. The lowest BCUT2D eigenvalue weighted by Crippen LogP contribution is -2.47. The zero-order chi connectivity index (χ0) is 13.0. The third-order valence-corrected chi connectivity index (χ3v) is 2.43. The van der Waals surface area contributed by atoms with Crippen molar-refractivity contribution >= 4 is 0 Å². The Labute approximate surface area is 102 Å². The van der Waals surface area contributed by atoms with Crippen molar-refractivity contribution in [1.29, 1.82) is 0 Å². The van der Waals surface area contributed by atoms with E-state index in [-0.39, 0.29) is 6.10 Å². The van der Waals surface area contributed by atoms with E-state index >= 15 is 0 Å². The van der Waals surface area contributed by atoms with Gasteiger partial charge in [-0.15, -0.1) is 0 Å². The minimum absolute atomic E-state index is 0.182. The van der Waals surface area contributed by atoms with Crippen LogP contribution in [0.3, 0.4) is 0 Å². The van der Waals surface area contributed by atoms with E-state index in [4.69, 9.17) is 0 Å². The van der Waals surface area contributed by atoms with Crippen molar-refractivity contribution in [2.24, 2.45) is 0 Å². The average Bonchev–Trinajstić information content (AvgIpc) is 2.34. The fourth-order valence-electron chi connectivity index (χ4n) is 1.66. The number of likely N-dealkylation sites (N-methyl/N-ethyl adjacent to an activating group) is 1. The van der Waals surface area contributed by atoms with Gasteiger partial charge < -0.3 is 10.0 Å². The van der Waals surface area contributed by atoms with Crippen LogP contribution in [-0.4, -0.2) is 60.3 Å². The zero-order valence-electron chi connectivity index (χ0n) is 12.2. The SMILES string of the molecule is CC.CC.CCN1CCN(CC(C)O)CC1. The predicted octanol–water partition coefficient (Wildman–Crippen LogP) is 2.06. The molecule has 3 nitrogen and oxygen atoms in total. The van der Waals surface area contributed by atoms with Crippen molar-refractivity contribution in [2.75, 3.05) is 39.3 Å². The summed E-state index contributed by atoms with van der Waals surface area (Å²) < 4.78 is 0. The standard InChI is InChI=1S/C9H20N2O.2C2H6/c1-3-10-4-6-11(7-5-10)8-9(2)12;2*1-2/h9,12H,3-8H2,1-2H3;2*1-2H3. The van der Waals surface area contributed by atoms with Gasteiger partial charge in [0.1, 0.15) is 0 Å². The molecule has 1 rings (SSSR count). The number of β-amino-alcohol motifs (C(OH)–C–C–N with tert-alkyl or cyclic N) is 1. The van der Waals surface area contributed by atoms with Crippen molar-refractivity contribution in [3.63, 3.8) is 0 Å². The van der Waals surface area contributed by atoms with Crippen molar-refractivity contribution in [1.82, 2.24) is 9.80 Å². The van der Waals surface area contributed by atoms with Crippen LogP contribution in [0.25, 0.3) is 0 Å². The van der Waals surface area contributed by atoms with E-state index in [0.29, 0.717) is 0 Å². The number of hydrogen-bond acceptors (Lipinski definition) is 3. The summed E-state index contributed by atoms with van der Waals surface area (Å²) >= 11 is 0. The molecule has 16 heavy (non-hydrogen) atoms. The Hall–Kier alpha value is -0.120. The highest BCUT2D eigenvalue weighted by molar-refractivity contribution is 4.71. The Morgan fingerprint density at radius 3 is 1.62 bits per heavy atom. The van der Waals surface area contributed by atoms with Gasteiger partial charge in [0, 0.05) is 32.7 Å². The van der Waals surface area contributed by atoms with Crippen LogP contribution in [0.2, 0.25) is 0 Å². The van der Waals surface area contributed by atoms with Crippen LogP contribution in [0, 0.1) is 0 Å². The van der Waals surface area contributed by atoms with E-state index < -0.39 is 0 Å². The molecule has 0 amide bonds. The maximum atomic E-state index is 9.17. The van der Waals surface area contributed by atoms with E-state index in [9.17, 15) is 5.11 Å². The van der Waals surface area contributed by atoms with Crippen molar-refractivity contribution in [2.45, 2.75) is 47.6 Å². The molecule has 3 heteroatoms. The molecule has 1 aliphatic rings. The molecule has 1 N–H and O–H groups in total. The molecule has 1 atom stereocenters. The Morgan fingerprint density at radius 2 is 1.31 bits per heavy atom. The van der Waals surface area contributed by atoms with E-state index in [1.807, 2.05) is 34.6 Å². The normalized spacial score (nSPS) is 18.9. The summed E-state index contributed by atoms with van der Waals surface area (Å²) in [7, 11) is 0. The first-order valence-corrected chi connectivity index (χ1v) is 6.85. The summed E-state index contributed by atoms with van der Waals surface area (Å²) in [6.07, 6.45) is -0.182. The summed E-state index contributed by atoms with van der Waals surface area (Å²) in [5.74, 6) is 0. The van der Waals surface area contributed by atoms with Crippen LogP contribution in [0.4, 0.5) is 0 Å². The zero-order valence-corrected chi connectivity index (χ0v) is 12.2. The third kappa shape index (κ3) is 9.13. The van der Waals surface area contributed by atoms with Gasteiger partial charge in [0.25, 0.3) is 0 Å². The van der Waals surface area contributed by atoms with Crippen LogP contribution in [0.1, 0.15) is 41.5 Å². The molecular formula is C13H32N2O. The first-order valence-electron chi connectivity index (χ1n) is 6.85. The average molecular weight is 232 g/mol. The second-order valence-corrected chi connectivity index (χ2v) is 3.58. The fraction of sp³-hybridized carbons (Fsp3) is 1.00. The molecule has 0 aliphatic carbocycles. The monoisotopic (exact) mass is 232 g/mol. The highest BCUT2D eigenvalue weighted by Crippen LogP contribution is 2.01. The lowest BCUT2D eigenvalue weighted by Gasteiger charge is -2.34. The third-order valence-electron chi connectivity index (χ3n) is 2.43. The smallest absolute Gasteiger partial charge is 0.0639 e. The Bertz CT molecular complexity index is 121. The summed E-state index contributed by atoms with van der Waals surface area (Å²) in [5, 5.41) is 9.17. The fourth-order valence-corrected chi connectivity index (χ4v) is 1.66. The van der Waals surface area contributed by atoms with Crippen LogP contribution in [0.5, 0.6) is 0 Å². The molecule has 0 spiro atoms. The maximum absolute atomic E-state index is 9.17. The van der Waals surface area contributed by atoms with Gasteiger partial charge in [-0.3, -0.25) is 4.90 Å². The van der Waals surface area contributed by atoms with E-state index in [2.05, 4.69) is 16.7 Å². The van der Waals surface area contributed by atoms with Gasteiger partial charge in [0.15, 0.2) is 0 Å². The van der Waals surface area contributed by atoms with Crippen LogP contribution in [0.15, 0.2) is 0 Å². The number of aliphatic hydroxyl groups is 1. The molecule has 1 heterocycles. The highest BCUT2D eigenvalue weighted by Gasteiger charge is 2.15.